The highest BCUT2D eigenvalue weighted by molar-refractivity contribution is 5.69. The lowest BCUT2D eigenvalue weighted by Crippen LogP contribution is -2.01. The van der Waals surface area contributed by atoms with E-state index in [1.807, 2.05) is 20.0 Å². The molecule has 5 heteroatoms. The lowest BCUT2D eigenvalue weighted by molar-refractivity contribution is 0.772. The van der Waals surface area contributed by atoms with Crippen molar-refractivity contribution in [3.05, 3.63) is 24.2 Å². The number of nitrogens with two attached hydrogens (primary N) is 1. The molecule has 0 aromatic carbocycles. The lowest BCUT2D eigenvalue weighted by atomic mass is 10.2. The van der Waals surface area contributed by atoms with Gasteiger partial charge in [0.05, 0.1) is 5.69 Å². The van der Waals surface area contributed by atoms with Crippen molar-refractivity contribution in [3.8, 4) is 11.5 Å². The number of aryl methyl sites for hydroxylation is 2. The van der Waals surface area contributed by atoms with Gasteiger partial charge in [0.25, 0.3) is 0 Å². The van der Waals surface area contributed by atoms with Crippen molar-refractivity contribution in [2.45, 2.75) is 6.92 Å². The summed E-state index contributed by atoms with van der Waals surface area (Å²) in [5.41, 5.74) is 8.24. The Morgan fingerprint density at radius 1 is 1.36 bits per heavy atom. The van der Waals surface area contributed by atoms with E-state index < -0.39 is 0 Å². The van der Waals surface area contributed by atoms with E-state index in [1.54, 1.807) is 10.9 Å². The molecule has 0 bridgehead atoms. The van der Waals surface area contributed by atoms with Crippen LogP contribution in [0.5, 0.6) is 0 Å². The summed E-state index contributed by atoms with van der Waals surface area (Å²) in [6.45, 7) is 1.94. The van der Waals surface area contributed by atoms with Gasteiger partial charge < -0.3 is 5.73 Å². The van der Waals surface area contributed by atoms with Crippen molar-refractivity contribution >= 4 is 5.69 Å². The molecule has 0 aliphatic carbocycles. The minimum Gasteiger partial charge on any atom is -0.397 e. The van der Waals surface area contributed by atoms with E-state index in [0.29, 0.717) is 17.2 Å². The minimum atomic E-state index is 0.656. The van der Waals surface area contributed by atoms with Crippen LogP contribution in [0.25, 0.3) is 11.5 Å². The molecule has 0 spiro atoms. The zero-order chi connectivity index (χ0) is 10.1. The molecular formula is C9H11N5. The topological polar surface area (TPSA) is 69.6 Å². The Labute approximate surface area is 81.6 Å². The molecule has 0 radical (unpaired) electrons. The van der Waals surface area contributed by atoms with Crippen LogP contribution in [0.3, 0.4) is 0 Å². The molecule has 2 rings (SSSR count). The van der Waals surface area contributed by atoms with Crippen molar-refractivity contribution in [1.82, 2.24) is 19.7 Å². The Hall–Kier alpha value is -1.91. The van der Waals surface area contributed by atoms with Gasteiger partial charge >= 0.3 is 0 Å². The molecule has 2 aromatic rings. The Morgan fingerprint density at radius 3 is 2.79 bits per heavy atom. The number of aromatic nitrogens is 4. The van der Waals surface area contributed by atoms with Crippen LogP contribution in [-0.2, 0) is 7.05 Å². The van der Waals surface area contributed by atoms with E-state index >= 15 is 0 Å². The predicted octanol–water partition coefficient (Wildman–Crippen LogP) is 0.768. The molecule has 5 nitrogen and oxygen atoms in total. The molecule has 0 unspecified atom stereocenters. The summed E-state index contributed by atoms with van der Waals surface area (Å²) in [5.74, 6) is 0.686. The maximum atomic E-state index is 5.90. The fourth-order valence-corrected chi connectivity index (χ4v) is 1.26. The summed E-state index contributed by atoms with van der Waals surface area (Å²) < 4.78 is 1.65. The normalized spacial score (nSPS) is 10.4. The molecule has 0 aliphatic rings. The van der Waals surface area contributed by atoms with E-state index in [1.165, 1.54) is 6.33 Å². The molecule has 0 amide bonds. The van der Waals surface area contributed by atoms with Gasteiger partial charge in [0.2, 0.25) is 0 Å². The number of nitrogens with zero attached hydrogens (tertiary/aromatic N) is 4. The Balaban J connectivity index is 2.63. The van der Waals surface area contributed by atoms with Crippen LogP contribution in [0, 0.1) is 6.92 Å². The van der Waals surface area contributed by atoms with Gasteiger partial charge in [-0.3, -0.25) is 4.98 Å². The zero-order valence-electron chi connectivity index (χ0n) is 8.10. The fraction of sp³-hybridized carbons (Fsp3) is 0.222. The van der Waals surface area contributed by atoms with Gasteiger partial charge in [-0.15, -0.1) is 0 Å². The van der Waals surface area contributed by atoms with Gasteiger partial charge in [-0.05, 0) is 18.6 Å². The SMILES string of the molecule is Cc1ccnc(-c2ncnn2C)c1N. The van der Waals surface area contributed by atoms with Crippen LogP contribution in [-0.4, -0.2) is 19.7 Å². The van der Waals surface area contributed by atoms with E-state index in [4.69, 9.17) is 5.73 Å². The van der Waals surface area contributed by atoms with Crippen molar-refractivity contribution in [3.63, 3.8) is 0 Å². The molecule has 2 heterocycles. The number of rotatable bonds is 1. The summed E-state index contributed by atoms with van der Waals surface area (Å²) in [5, 5.41) is 3.97. The highest BCUT2D eigenvalue weighted by Gasteiger charge is 2.10. The summed E-state index contributed by atoms with van der Waals surface area (Å²) in [6, 6.07) is 1.87. The maximum Gasteiger partial charge on any atom is 0.178 e. The zero-order valence-corrected chi connectivity index (χ0v) is 8.10. The maximum absolute atomic E-state index is 5.90. The van der Waals surface area contributed by atoms with Crippen molar-refractivity contribution < 1.29 is 0 Å². The molecule has 2 aromatic heterocycles. The smallest absolute Gasteiger partial charge is 0.178 e. The van der Waals surface area contributed by atoms with Crippen LogP contribution >= 0.6 is 0 Å². The second kappa shape index (κ2) is 3.10. The first-order valence-corrected chi connectivity index (χ1v) is 4.25. The lowest BCUT2D eigenvalue weighted by Gasteiger charge is -2.05. The monoisotopic (exact) mass is 189 g/mol. The summed E-state index contributed by atoms with van der Waals surface area (Å²) >= 11 is 0. The number of anilines is 1. The van der Waals surface area contributed by atoms with Gasteiger partial charge in [0.15, 0.2) is 5.82 Å². The molecule has 14 heavy (non-hydrogen) atoms. The quantitative estimate of drug-likeness (QED) is 0.719. The van der Waals surface area contributed by atoms with E-state index in [2.05, 4.69) is 15.1 Å². The second-order valence-electron chi connectivity index (χ2n) is 3.10. The average molecular weight is 189 g/mol. The van der Waals surface area contributed by atoms with Crippen LogP contribution < -0.4 is 5.73 Å². The molecule has 2 N–H and O–H groups in total. The van der Waals surface area contributed by atoms with Crippen molar-refractivity contribution in [2.75, 3.05) is 5.73 Å². The van der Waals surface area contributed by atoms with Crippen LogP contribution in [0.1, 0.15) is 5.56 Å². The largest absolute Gasteiger partial charge is 0.397 e. The van der Waals surface area contributed by atoms with Crippen LogP contribution in [0.15, 0.2) is 18.6 Å². The third-order valence-electron chi connectivity index (χ3n) is 2.13. The highest BCUT2D eigenvalue weighted by Crippen LogP contribution is 2.22. The Bertz CT molecular complexity index is 460. The van der Waals surface area contributed by atoms with Gasteiger partial charge in [0.1, 0.15) is 12.0 Å². The van der Waals surface area contributed by atoms with Crippen LogP contribution in [0.2, 0.25) is 0 Å². The first-order chi connectivity index (χ1) is 6.70. The number of nitrogen functional groups attached to an aromatic ring is 1. The second-order valence-corrected chi connectivity index (χ2v) is 3.10. The molecule has 0 saturated carbocycles. The Morgan fingerprint density at radius 2 is 2.14 bits per heavy atom. The molecule has 0 aliphatic heterocycles. The standard InChI is InChI=1S/C9H11N5/c1-6-3-4-11-8(7(6)10)9-12-5-13-14(9)2/h3-5H,10H2,1-2H3. The summed E-state index contributed by atoms with van der Waals surface area (Å²) in [6.07, 6.45) is 3.20. The highest BCUT2D eigenvalue weighted by atomic mass is 15.3. The molecule has 72 valence electrons. The number of hydrogen-bond donors (Lipinski definition) is 1. The van der Waals surface area contributed by atoms with E-state index in [-0.39, 0.29) is 0 Å². The fourth-order valence-electron chi connectivity index (χ4n) is 1.26. The van der Waals surface area contributed by atoms with Gasteiger partial charge in [-0.2, -0.15) is 5.10 Å². The first-order valence-electron chi connectivity index (χ1n) is 4.25. The van der Waals surface area contributed by atoms with Crippen molar-refractivity contribution in [2.24, 2.45) is 7.05 Å². The van der Waals surface area contributed by atoms with Gasteiger partial charge in [0, 0.05) is 13.2 Å². The Kier molecular flexibility index (Phi) is 1.92. The minimum absolute atomic E-state index is 0.656. The molecule has 0 saturated heterocycles. The predicted molar refractivity (Wildman–Crippen MR) is 53.4 cm³/mol. The molecular weight excluding hydrogens is 178 g/mol. The van der Waals surface area contributed by atoms with E-state index in [9.17, 15) is 0 Å². The molecule has 0 atom stereocenters. The summed E-state index contributed by atoms with van der Waals surface area (Å²) in [7, 11) is 1.81. The average Bonchev–Trinajstić information content (AvgIpc) is 2.57. The summed E-state index contributed by atoms with van der Waals surface area (Å²) in [4.78, 5) is 8.29. The first kappa shape index (κ1) is 8.68. The van der Waals surface area contributed by atoms with Crippen molar-refractivity contribution in [1.29, 1.82) is 0 Å². The third kappa shape index (κ3) is 1.22. The van der Waals surface area contributed by atoms with Gasteiger partial charge in [-0.25, -0.2) is 9.67 Å². The van der Waals surface area contributed by atoms with Crippen LogP contribution in [0.4, 0.5) is 5.69 Å². The van der Waals surface area contributed by atoms with Gasteiger partial charge in [-0.1, -0.05) is 0 Å². The van der Waals surface area contributed by atoms with E-state index in [0.717, 1.165) is 5.56 Å². The third-order valence-corrected chi connectivity index (χ3v) is 2.13. The number of hydrogen-bond acceptors (Lipinski definition) is 4. The number of pyridine rings is 1. The molecule has 0 fully saturated rings.